The van der Waals surface area contributed by atoms with Gasteiger partial charge in [0.1, 0.15) is 51.7 Å². The van der Waals surface area contributed by atoms with E-state index in [1.165, 1.54) is 71.3 Å². The summed E-state index contributed by atoms with van der Waals surface area (Å²) in [6.45, 7) is 12.2. The molecule has 3 aliphatic carbocycles. The second-order valence-corrected chi connectivity index (χ2v) is 26.9. The van der Waals surface area contributed by atoms with Crippen molar-refractivity contribution in [3.63, 3.8) is 0 Å². The first kappa shape index (κ1) is 77.5. The number of primary amides is 2. The van der Waals surface area contributed by atoms with Crippen LogP contribution < -0.4 is 33.2 Å². The molecule has 536 valence electrons. The lowest BCUT2D eigenvalue weighted by Crippen LogP contribution is -2.37. The van der Waals surface area contributed by atoms with Gasteiger partial charge in [0.05, 0.1) is 89.9 Å². The monoisotopic (exact) mass is 1610 g/mol. The average Bonchev–Trinajstić information content (AvgIpc) is 1.63. The number of aromatic nitrogens is 8. The molecule has 6 heterocycles. The molecule has 5 aliphatic rings. The number of ether oxygens (including phenoxy) is 5. The van der Waals surface area contributed by atoms with E-state index in [1.54, 1.807) is 78.7 Å². The van der Waals surface area contributed by atoms with Crippen LogP contribution in [0.15, 0.2) is 68.0 Å². The highest BCUT2D eigenvalue weighted by Gasteiger charge is 2.40. The normalized spacial score (nSPS) is 18.0. The minimum absolute atomic E-state index is 0.105. The van der Waals surface area contributed by atoms with Gasteiger partial charge >= 0.3 is 0 Å². The predicted octanol–water partition coefficient (Wildman–Crippen LogP) is 9.98. The van der Waals surface area contributed by atoms with Crippen LogP contribution in [0.25, 0.3) is 22.1 Å². The molecule has 25 nitrogen and oxygen atoms in total. The van der Waals surface area contributed by atoms with Gasteiger partial charge in [0.2, 0.25) is 11.8 Å². The van der Waals surface area contributed by atoms with E-state index in [0.717, 1.165) is 60.2 Å². The zero-order chi connectivity index (χ0) is 72.9. The quantitative estimate of drug-likeness (QED) is 0.0144. The summed E-state index contributed by atoms with van der Waals surface area (Å²) in [6.07, 6.45) is 21.5. The second-order valence-electron chi connectivity index (χ2n) is 24.6. The first-order valence-electron chi connectivity index (χ1n) is 32.5. The molecule has 4 aromatic heterocycles. The number of nitrogens with zero attached hydrogens (tertiary/aromatic N) is 10. The van der Waals surface area contributed by atoms with Crippen molar-refractivity contribution >= 4 is 114 Å². The Kier molecular flexibility index (Phi) is 27.0. The van der Waals surface area contributed by atoms with Crippen LogP contribution in [0, 0.1) is 55.7 Å². The highest BCUT2D eigenvalue weighted by molar-refractivity contribution is 14.1. The zero-order valence-electron chi connectivity index (χ0n) is 57.6. The zero-order valence-corrected chi connectivity index (χ0v) is 61.9. The van der Waals surface area contributed by atoms with Crippen LogP contribution in [0.2, 0.25) is 0 Å². The Bertz CT molecular complexity index is 4230. The van der Waals surface area contributed by atoms with Gasteiger partial charge in [0.15, 0.2) is 5.69 Å². The van der Waals surface area contributed by atoms with E-state index in [-0.39, 0.29) is 75.7 Å². The Morgan fingerprint density at radius 2 is 1.19 bits per heavy atom. The Hall–Kier alpha value is -8.25. The van der Waals surface area contributed by atoms with Crippen molar-refractivity contribution in [2.75, 3.05) is 97.6 Å². The van der Waals surface area contributed by atoms with Crippen LogP contribution in [0.1, 0.15) is 145 Å². The molecule has 5 fully saturated rings. The number of hydrogen-bond donors (Lipinski definition) is 6. The second kappa shape index (κ2) is 34.9. The lowest BCUT2D eigenvalue weighted by molar-refractivity contribution is -0.340. The molecule has 3 aromatic carbocycles. The lowest BCUT2D eigenvalue weighted by atomic mass is 9.92. The Balaban J connectivity index is 0.000000176. The van der Waals surface area contributed by atoms with Gasteiger partial charge in [-0.3, -0.25) is 19.2 Å². The molecule has 30 heteroatoms. The molecule has 0 spiro atoms. The molecule has 2 aliphatic heterocycles. The van der Waals surface area contributed by atoms with Crippen LogP contribution in [-0.4, -0.2) is 172 Å². The molecule has 2 saturated heterocycles. The summed E-state index contributed by atoms with van der Waals surface area (Å²) in [7, 11) is 11.0. The number of benzene rings is 3. The van der Waals surface area contributed by atoms with Crippen molar-refractivity contribution in [1.29, 1.82) is 0 Å². The van der Waals surface area contributed by atoms with Crippen molar-refractivity contribution in [3.8, 4) is 24.2 Å². The lowest BCUT2D eigenvalue weighted by Gasteiger charge is -2.28. The number of nitrogens with two attached hydrogens (primary N) is 3. The number of rotatable bonds is 19. The molecule has 0 bridgehead atoms. The number of nitrogens with one attached hydrogen (secondary N) is 3. The molecule has 7 aromatic rings. The van der Waals surface area contributed by atoms with E-state index >= 15 is 4.39 Å². The SMILES string of the molecule is C#Cc1nn([C@H]2C[C@H](COC)N(C(=O)C=C)C2)c(NC)c1C(N)=O.C=CC(=O)N1C[C@@H](n2nc(C#Cc3cc4nc(C)n(C5CCC5)c4cc3F)c(C(N)=O)c2NC)C[C@@H]1COC.COC(C)(OC)OC.Fc1cc2c(cc1I)ncn2C1CCC1.Nc1cc(I)c(F)cc1NC1CCC1. The third kappa shape index (κ3) is 17.5. The summed E-state index contributed by atoms with van der Waals surface area (Å²) in [5, 5.41) is 18.1. The van der Waals surface area contributed by atoms with Crippen molar-refractivity contribution in [1.82, 2.24) is 48.5 Å². The molecule has 4 amide bonds. The minimum atomic E-state index is -0.875. The van der Waals surface area contributed by atoms with E-state index in [0.29, 0.717) is 87.3 Å². The van der Waals surface area contributed by atoms with Crippen LogP contribution >= 0.6 is 45.2 Å². The third-order valence-corrected chi connectivity index (χ3v) is 20.2. The molecular weight excluding hydrogens is 1520 g/mol. The predicted molar refractivity (Wildman–Crippen MR) is 394 cm³/mol. The minimum Gasteiger partial charge on any atom is -0.397 e. The molecule has 3 saturated carbocycles. The highest BCUT2D eigenvalue weighted by atomic mass is 127. The summed E-state index contributed by atoms with van der Waals surface area (Å²) in [4.78, 5) is 61.0. The summed E-state index contributed by atoms with van der Waals surface area (Å²) < 4.78 is 75.4. The fraction of sp³-hybridized carbons (Fsp3) is 0.457. The molecule has 100 heavy (non-hydrogen) atoms. The fourth-order valence-electron chi connectivity index (χ4n) is 12.4. The van der Waals surface area contributed by atoms with Crippen molar-refractivity contribution in [3.05, 3.63) is 127 Å². The topological polar surface area (TPSA) is 306 Å². The Labute approximate surface area is 607 Å². The largest absolute Gasteiger partial charge is 0.397 e. The van der Waals surface area contributed by atoms with Gasteiger partial charge in [-0.1, -0.05) is 19.1 Å². The maximum Gasteiger partial charge on any atom is 0.279 e. The number of likely N-dealkylation sites (tertiary alicyclic amines) is 2. The number of terminal acetylenes is 1. The number of aryl methyl sites for hydroxylation is 1. The van der Waals surface area contributed by atoms with Gasteiger partial charge in [0.25, 0.3) is 17.8 Å². The Morgan fingerprint density at radius 3 is 1.64 bits per heavy atom. The van der Waals surface area contributed by atoms with Gasteiger partial charge in [-0.2, -0.15) is 10.2 Å². The number of hydrogen-bond acceptors (Lipinski definition) is 17. The number of halogens is 5. The smallest absolute Gasteiger partial charge is 0.279 e. The van der Waals surface area contributed by atoms with E-state index in [2.05, 4.69) is 76.2 Å². The van der Waals surface area contributed by atoms with E-state index in [4.69, 9.17) is 47.3 Å². The molecule has 0 radical (unpaired) electrons. The van der Waals surface area contributed by atoms with E-state index in [1.807, 2.05) is 58.4 Å². The van der Waals surface area contributed by atoms with Crippen LogP contribution in [0.4, 0.5) is 36.2 Å². The third-order valence-electron chi connectivity index (χ3n) is 18.5. The van der Waals surface area contributed by atoms with Crippen LogP contribution in [0.3, 0.4) is 0 Å². The number of nitrogen functional groups attached to an aromatic ring is 1. The number of imidazole rings is 2. The van der Waals surface area contributed by atoms with Crippen molar-refractivity contribution in [2.45, 2.75) is 133 Å². The molecule has 4 atom stereocenters. The number of methoxy groups -OCH3 is 5. The van der Waals surface area contributed by atoms with Crippen LogP contribution in [0.5, 0.6) is 0 Å². The van der Waals surface area contributed by atoms with Gasteiger partial charge in [0, 0.05) is 106 Å². The molecule has 0 unspecified atom stereocenters. The number of fused-ring (bicyclic) bond motifs is 2. The standard InChI is InChI=1S/C28H32FN7O3.C16H21N5O3.C11H10FIN2.C10H12FIN2.C5H12O3/c1-5-25(37)34-14-19(12-20(34)15-39-4)36-28(31-3)26(27(30)38)22(33-36)10-9-17-11-23-24(13-21(17)29)35(16(2)32-23)18-7-6-8-18;1-5-12-14(15(17)23)16(18-3)21(19-12)10-7-11(9-24-4)20(8-10)13(22)6-2;12-8-4-11-10(5-9(8)13)14-6-15(11)7-2-1-3-7;11-7-4-10(9(13)5-8(7)12)14-6-2-1-3-6;1-5(6-2,7-3)8-4/h5,11,13,18-20,31H,1,6-8,12,14-15H2,2-4H3,(H2,30,38);1,6,10-11,18H,2,7-9H2,3-4H3,(H2,17,23);4-7H,1-3H2;4-6,14H,1-3,13H2;1-4H3/t19-,20+;10-,11+;;;/m00.../s1. The first-order valence-corrected chi connectivity index (χ1v) is 34.7. The van der Waals surface area contributed by atoms with Crippen LogP contribution in [-0.2, 0) is 33.3 Å². The first-order chi connectivity index (χ1) is 47.8. The highest BCUT2D eigenvalue weighted by Crippen LogP contribution is 2.39. The summed E-state index contributed by atoms with van der Waals surface area (Å²) in [5.74, 6) is 6.31. The van der Waals surface area contributed by atoms with Gasteiger partial charge in [-0.05, 0) is 165 Å². The fourth-order valence-corrected chi connectivity index (χ4v) is 13.3. The number of amides is 4. The number of anilines is 4. The summed E-state index contributed by atoms with van der Waals surface area (Å²) in [5.41, 5.74) is 22.3. The molecule has 12 rings (SSSR count). The van der Waals surface area contributed by atoms with Gasteiger partial charge in [-0.25, -0.2) is 32.5 Å². The van der Waals surface area contributed by atoms with Gasteiger partial charge in [-0.15, -0.1) is 6.42 Å². The van der Waals surface area contributed by atoms with Gasteiger partial charge < -0.3 is 75.8 Å². The maximum atomic E-state index is 15.2. The van der Waals surface area contributed by atoms with Crippen molar-refractivity contribution in [2.24, 2.45) is 11.5 Å². The van der Waals surface area contributed by atoms with Crippen molar-refractivity contribution < 1.29 is 56.0 Å². The summed E-state index contributed by atoms with van der Waals surface area (Å²) in [6, 6.07) is 10.3. The maximum absolute atomic E-state index is 15.2. The number of carbonyl (C=O) groups is 4. The molecule has 9 N–H and O–H groups in total. The Morgan fingerprint density at radius 1 is 0.690 bits per heavy atom. The molecular formula is C70H87F3I2N16O9. The summed E-state index contributed by atoms with van der Waals surface area (Å²) >= 11 is 3.94. The average molecular weight is 1610 g/mol. The van der Waals surface area contributed by atoms with E-state index < -0.39 is 23.6 Å². The number of carbonyl (C=O) groups excluding carboxylic acids is 4. The van der Waals surface area contributed by atoms with E-state index in [9.17, 15) is 28.0 Å².